The Morgan fingerprint density at radius 1 is 1.14 bits per heavy atom. The van der Waals surface area contributed by atoms with Crippen LogP contribution >= 0.6 is 0 Å². The number of nitrogens with two attached hydrogens (primary N) is 1. The number of hydrogen-bond donors (Lipinski definition) is 2. The van der Waals surface area contributed by atoms with Crippen LogP contribution in [0, 0.1) is 0 Å². The Kier molecular flexibility index (Phi) is 4.92. The number of benzene rings is 1. The predicted octanol–water partition coefficient (Wildman–Crippen LogP) is 0.351. The van der Waals surface area contributed by atoms with E-state index in [9.17, 15) is 14.4 Å². The van der Waals surface area contributed by atoms with Crippen molar-refractivity contribution < 1.29 is 14.3 Å². The number of anilines is 1. The van der Waals surface area contributed by atoms with E-state index >= 15 is 0 Å². The highest BCUT2D eigenvalue weighted by Gasteiger charge is 2.05. The number of hydrogen-bond acceptors (Lipinski definition) is 4. The van der Waals surface area contributed by atoms with Gasteiger partial charge in [-0.25, -0.2) is 0 Å². The topological polar surface area (TPSA) is 103 Å². The highest BCUT2D eigenvalue weighted by atomic mass is 16.5. The number of ether oxygens (including phenoxy) is 1. The summed E-state index contributed by atoms with van der Waals surface area (Å²) in [5.74, 6) is -0.416. The van der Waals surface area contributed by atoms with E-state index in [-0.39, 0.29) is 24.6 Å². The molecule has 1 aromatic carbocycles. The molecule has 0 radical (unpaired) electrons. The predicted molar refractivity (Wildman–Crippen MR) is 80.5 cm³/mol. The van der Waals surface area contributed by atoms with Gasteiger partial charge in [-0.1, -0.05) is 6.07 Å². The molecule has 2 amide bonds. The van der Waals surface area contributed by atoms with E-state index in [1.165, 1.54) is 10.6 Å². The number of rotatable bonds is 6. The minimum atomic E-state index is -0.564. The first-order valence-electron chi connectivity index (χ1n) is 6.51. The number of primary amides is 1. The number of amides is 2. The van der Waals surface area contributed by atoms with Gasteiger partial charge in [0.25, 0.3) is 11.5 Å². The van der Waals surface area contributed by atoms with Crippen LogP contribution in [0.3, 0.4) is 0 Å². The van der Waals surface area contributed by atoms with E-state index in [1.807, 2.05) is 0 Å². The second-order valence-electron chi connectivity index (χ2n) is 4.49. The van der Waals surface area contributed by atoms with Crippen LogP contribution in [0.15, 0.2) is 53.5 Å². The Labute approximate surface area is 126 Å². The van der Waals surface area contributed by atoms with E-state index in [4.69, 9.17) is 10.5 Å². The molecule has 1 aromatic heterocycles. The fourth-order valence-electron chi connectivity index (χ4n) is 1.74. The van der Waals surface area contributed by atoms with Gasteiger partial charge in [-0.15, -0.1) is 0 Å². The molecule has 22 heavy (non-hydrogen) atoms. The molecule has 3 N–H and O–H groups in total. The fourth-order valence-corrected chi connectivity index (χ4v) is 1.74. The minimum absolute atomic E-state index is 0.0698. The molecule has 1 heterocycles. The molecule has 0 saturated heterocycles. The van der Waals surface area contributed by atoms with Gasteiger partial charge in [0, 0.05) is 18.0 Å². The van der Waals surface area contributed by atoms with E-state index in [0.29, 0.717) is 11.4 Å². The molecular formula is C15H15N3O4. The molecule has 0 bridgehead atoms. The molecule has 114 valence electrons. The average Bonchev–Trinajstić information content (AvgIpc) is 2.49. The Bertz CT molecular complexity index is 722. The molecule has 0 spiro atoms. The SMILES string of the molecule is NC(=O)COc1ccc(NC(=O)Cn2ccccc2=O)cc1. The Hall–Kier alpha value is -3.09. The van der Waals surface area contributed by atoms with E-state index in [0.717, 1.165) is 0 Å². The molecular weight excluding hydrogens is 286 g/mol. The van der Waals surface area contributed by atoms with Crippen LogP contribution in [0.1, 0.15) is 0 Å². The Morgan fingerprint density at radius 2 is 1.86 bits per heavy atom. The Balaban J connectivity index is 1.93. The Morgan fingerprint density at radius 3 is 2.50 bits per heavy atom. The first-order chi connectivity index (χ1) is 10.5. The monoisotopic (exact) mass is 301 g/mol. The van der Waals surface area contributed by atoms with Crippen molar-refractivity contribution in [2.45, 2.75) is 6.54 Å². The van der Waals surface area contributed by atoms with Gasteiger partial charge in [0.05, 0.1) is 0 Å². The normalized spacial score (nSPS) is 10.0. The molecule has 2 aromatic rings. The first kappa shape index (κ1) is 15.3. The van der Waals surface area contributed by atoms with Gasteiger partial charge in [-0.2, -0.15) is 0 Å². The number of pyridine rings is 1. The summed E-state index contributed by atoms with van der Waals surface area (Å²) in [4.78, 5) is 34.0. The van der Waals surface area contributed by atoms with Crippen LogP contribution < -0.4 is 21.3 Å². The lowest BCUT2D eigenvalue weighted by Crippen LogP contribution is -2.26. The van der Waals surface area contributed by atoms with Crippen molar-refractivity contribution in [3.8, 4) is 5.75 Å². The highest BCUT2D eigenvalue weighted by Crippen LogP contribution is 2.15. The molecule has 0 atom stereocenters. The van der Waals surface area contributed by atoms with Crippen LogP contribution in [0.5, 0.6) is 5.75 Å². The average molecular weight is 301 g/mol. The molecule has 0 aliphatic rings. The third-order valence-electron chi connectivity index (χ3n) is 2.73. The summed E-state index contributed by atoms with van der Waals surface area (Å²) < 4.78 is 6.41. The van der Waals surface area contributed by atoms with Gasteiger partial charge >= 0.3 is 0 Å². The fraction of sp³-hybridized carbons (Fsp3) is 0.133. The van der Waals surface area contributed by atoms with Crippen molar-refractivity contribution in [3.05, 3.63) is 59.0 Å². The zero-order valence-corrected chi connectivity index (χ0v) is 11.7. The zero-order chi connectivity index (χ0) is 15.9. The maximum absolute atomic E-state index is 11.9. The molecule has 0 fully saturated rings. The van der Waals surface area contributed by atoms with Crippen molar-refractivity contribution in [3.63, 3.8) is 0 Å². The number of carbonyl (C=O) groups excluding carboxylic acids is 2. The smallest absolute Gasteiger partial charge is 0.255 e. The molecule has 0 saturated carbocycles. The number of carbonyl (C=O) groups is 2. The summed E-state index contributed by atoms with van der Waals surface area (Å²) in [6.07, 6.45) is 1.54. The summed E-state index contributed by atoms with van der Waals surface area (Å²) in [6, 6.07) is 11.1. The van der Waals surface area contributed by atoms with Gasteiger partial charge in [-0.3, -0.25) is 14.4 Å². The summed E-state index contributed by atoms with van der Waals surface area (Å²) in [5, 5.41) is 2.66. The van der Waals surface area contributed by atoms with E-state index in [1.54, 1.807) is 42.6 Å². The van der Waals surface area contributed by atoms with Crippen LogP contribution in [0.4, 0.5) is 5.69 Å². The van der Waals surface area contributed by atoms with Crippen LogP contribution in [-0.4, -0.2) is 23.0 Å². The molecule has 7 heteroatoms. The quantitative estimate of drug-likeness (QED) is 0.803. The minimum Gasteiger partial charge on any atom is -0.484 e. The van der Waals surface area contributed by atoms with E-state index in [2.05, 4.69) is 5.32 Å². The summed E-state index contributed by atoms with van der Waals surface area (Å²) in [5.41, 5.74) is 5.29. The van der Waals surface area contributed by atoms with Gasteiger partial charge < -0.3 is 20.4 Å². The summed E-state index contributed by atoms with van der Waals surface area (Å²) >= 11 is 0. The lowest BCUT2D eigenvalue weighted by atomic mass is 10.3. The standard InChI is InChI=1S/C15H15N3O4/c16-13(19)10-22-12-6-4-11(5-7-12)17-14(20)9-18-8-2-1-3-15(18)21/h1-8H,9-10H2,(H2,16,19)(H,17,20). The third kappa shape index (κ3) is 4.48. The van der Waals surface area contributed by atoms with Crippen molar-refractivity contribution >= 4 is 17.5 Å². The molecule has 0 aliphatic carbocycles. The lowest BCUT2D eigenvalue weighted by Gasteiger charge is -2.08. The zero-order valence-electron chi connectivity index (χ0n) is 11.7. The third-order valence-corrected chi connectivity index (χ3v) is 2.73. The molecule has 2 rings (SSSR count). The van der Waals surface area contributed by atoms with Crippen molar-refractivity contribution in [1.29, 1.82) is 0 Å². The maximum Gasteiger partial charge on any atom is 0.255 e. The molecule has 7 nitrogen and oxygen atoms in total. The van der Waals surface area contributed by atoms with Gasteiger partial charge in [0.1, 0.15) is 12.3 Å². The van der Waals surface area contributed by atoms with E-state index < -0.39 is 5.91 Å². The number of aromatic nitrogens is 1. The second-order valence-corrected chi connectivity index (χ2v) is 4.49. The largest absolute Gasteiger partial charge is 0.484 e. The van der Waals surface area contributed by atoms with Crippen LogP contribution in [0.25, 0.3) is 0 Å². The molecule has 0 aliphatic heterocycles. The first-order valence-corrected chi connectivity index (χ1v) is 6.51. The lowest BCUT2D eigenvalue weighted by molar-refractivity contribution is -0.120. The second kappa shape index (κ2) is 7.07. The van der Waals surface area contributed by atoms with Crippen LogP contribution in [-0.2, 0) is 16.1 Å². The van der Waals surface area contributed by atoms with Crippen molar-refractivity contribution in [2.24, 2.45) is 5.73 Å². The summed E-state index contributed by atoms with van der Waals surface area (Å²) in [6.45, 7) is -0.276. The van der Waals surface area contributed by atoms with Gasteiger partial charge in [0.2, 0.25) is 5.91 Å². The molecule has 0 unspecified atom stereocenters. The van der Waals surface area contributed by atoms with Gasteiger partial charge in [-0.05, 0) is 30.3 Å². The maximum atomic E-state index is 11.9. The number of nitrogens with one attached hydrogen (secondary N) is 1. The highest BCUT2D eigenvalue weighted by molar-refractivity contribution is 5.90. The van der Waals surface area contributed by atoms with Gasteiger partial charge in [0.15, 0.2) is 6.61 Å². The van der Waals surface area contributed by atoms with Crippen molar-refractivity contribution in [1.82, 2.24) is 4.57 Å². The van der Waals surface area contributed by atoms with Crippen molar-refractivity contribution in [2.75, 3.05) is 11.9 Å². The number of nitrogens with zero attached hydrogens (tertiary/aromatic N) is 1. The van der Waals surface area contributed by atoms with Crippen LogP contribution in [0.2, 0.25) is 0 Å². The summed E-state index contributed by atoms with van der Waals surface area (Å²) in [7, 11) is 0.